The summed E-state index contributed by atoms with van der Waals surface area (Å²) in [6.07, 6.45) is 3.39. The highest BCUT2D eigenvalue weighted by Crippen LogP contribution is 2.26. The van der Waals surface area contributed by atoms with Gasteiger partial charge >= 0.3 is 0 Å². The Morgan fingerprint density at radius 2 is 1.73 bits per heavy atom. The second-order valence-electron chi connectivity index (χ2n) is 7.95. The highest BCUT2D eigenvalue weighted by Gasteiger charge is 2.16. The molecule has 0 saturated carbocycles. The van der Waals surface area contributed by atoms with Crippen LogP contribution >= 0.6 is 0 Å². The van der Waals surface area contributed by atoms with Crippen LogP contribution in [0.3, 0.4) is 0 Å². The molecule has 1 atom stereocenters. The Balaban J connectivity index is 1.70. The normalized spacial score (nSPS) is 12.5. The number of rotatable bonds is 4. The third-order valence-electron chi connectivity index (χ3n) is 4.85. The van der Waals surface area contributed by atoms with Crippen LogP contribution in [0.4, 0.5) is 5.82 Å². The number of nitriles is 1. The molecule has 0 radical (unpaired) electrons. The fraction of sp³-hybridized carbons (Fsp3) is 0.174. The van der Waals surface area contributed by atoms with Crippen LogP contribution in [0.5, 0.6) is 0 Å². The molecule has 0 aliphatic carbocycles. The topological polar surface area (TPSA) is 83.1 Å². The summed E-state index contributed by atoms with van der Waals surface area (Å²) in [6, 6.07) is 18.9. The van der Waals surface area contributed by atoms with Gasteiger partial charge < -0.3 is 0 Å². The van der Waals surface area contributed by atoms with Gasteiger partial charge in [-0.1, -0.05) is 32.9 Å². The fourth-order valence-electron chi connectivity index (χ4n) is 3.14. The van der Waals surface area contributed by atoms with Crippen molar-refractivity contribution in [1.29, 1.82) is 5.26 Å². The first-order valence-electron chi connectivity index (χ1n) is 9.49. The van der Waals surface area contributed by atoms with Gasteiger partial charge in [0.15, 0.2) is 11.0 Å². The molecule has 4 rings (SSSR count). The molecule has 1 unspecified atom stereocenters. The van der Waals surface area contributed by atoms with Crippen LogP contribution in [0.2, 0.25) is 0 Å². The van der Waals surface area contributed by atoms with Crippen molar-refractivity contribution in [2.24, 2.45) is 0 Å². The van der Waals surface area contributed by atoms with E-state index in [1.807, 2.05) is 42.5 Å². The second kappa shape index (κ2) is 7.73. The van der Waals surface area contributed by atoms with Crippen LogP contribution in [0.25, 0.3) is 16.8 Å². The Kier molecular flexibility index (Phi) is 5.10. The van der Waals surface area contributed by atoms with Crippen molar-refractivity contribution in [2.75, 3.05) is 4.72 Å². The van der Waals surface area contributed by atoms with Gasteiger partial charge in [-0.3, -0.25) is 9.71 Å². The molecule has 0 amide bonds. The lowest BCUT2D eigenvalue weighted by atomic mass is 9.87. The van der Waals surface area contributed by atoms with Crippen LogP contribution in [-0.4, -0.2) is 18.8 Å². The smallest absolute Gasteiger partial charge is 0.151 e. The number of hydrogen-bond donors (Lipinski definition) is 1. The van der Waals surface area contributed by atoms with Gasteiger partial charge in [-0.05, 0) is 53.4 Å². The van der Waals surface area contributed by atoms with Crippen LogP contribution in [-0.2, 0) is 16.4 Å². The summed E-state index contributed by atoms with van der Waals surface area (Å²) < 4.78 is 17.6. The molecule has 6 nitrogen and oxygen atoms in total. The van der Waals surface area contributed by atoms with E-state index < -0.39 is 11.0 Å². The summed E-state index contributed by atoms with van der Waals surface area (Å²) in [7, 11) is -1.47. The quantitative estimate of drug-likeness (QED) is 0.524. The van der Waals surface area contributed by atoms with Gasteiger partial charge in [0.2, 0.25) is 0 Å². The van der Waals surface area contributed by atoms with E-state index in [2.05, 4.69) is 41.6 Å². The monoisotopic (exact) mass is 415 g/mol. The van der Waals surface area contributed by atoms with Gasteiger partial charge in [0, 0.05) is 18.0 Å². The zero-order chi connectivity index (χ0) is 21.3. The molecule has 150 valence electrons. The number of nitrogens with one attached hydrogen (secondary N) is 1. The van der Waals surface area contributed by atoms with E-state index in [0.717, 1.165) is 5.56 Å². The summed E-state index contributed by atoms with van der Waals surface area (Å²) in [6.45, 7) is 6.42. The summed E-state index contributed by atoms with van der Waals surface area (Å²) >= 11 is 0. The molecule has 0 fully saturated rings. The van der Waals surface area contributed by atoms with Crippen molar-refractivity contribution in [3.05, 3.63) is 78.1 Å². The largest absolute Gasteiger partial charge is 0.285 e. The highest BCUT2D eigenvalue weighted by atomic mass is 32.2. The predicted molar refractivity (Wildman–Crippen MR) is 118 cm³/mol. The van der Waals surface area contributed by atoms with Crippen molar-refractivity contribution >= 4 is 22.3 Å². The summed E-state index contributed by atoms with van der Waals surface area (Å²) in [5.74, 6) is 0.544. The number of aromatic nitrogens is 3. The molecule has 0 bridgehead atoms. The number of anilines is 1. The molecule has 7 heteroatoms. The molecule has 4 aromatic rings. The standard InChI is InChI=1S/C23H21N5OS/c1-23(2,3)18-5-7-19(8-6-18)30(29)27-22-9-4-17(15-24)21-14-20(26-28(21)22)16-10-12-25-13-11-16/h4-14,27H,1-3H3. The van der Waals surface area contributed by atoms with Crippen molar-refractivity contribution in [2.45, 2.75) is 31.1 Å². The lowest BCUT2D eigenvalue weighted by molar-refractivity contribution is 0.589. The molecule has 3 heterocycles. The summed E-state index contributed by atoms with van der Waals surface area (Å²) in [4.78, 5) is 4.70. The first-order chi connectivity index (χ1) is 14.4. The Morgan fingerprint density at radius 3 is 2.37 bits per heavy atom. The molecule has 1 aromatic carbocycles. The Labute approximate surface area is 177 Å². The second-order valence-corrected chi connectivity index (χ2v) is 9.16. The van der Waals surface area contributed by atoms with Crippen molar-refractivity contribution in [3.63, 3.8) is 0 Å². The summed E-state index contributed by atoms with van der Waals surface area (Å²) in [5, 5.41) is 14.1. The third kappa shape index (κ3) is 3.82. The Morgan fingerprint density at radius 1 is 1.03 bits per heavy atom. The lowest BCUT2D eigenvalue weighted by Gasteiger charge is -2.19. The van der Waals surface area contributed by atoms with Crippen LogP contribution in [0, 0.1) is 11.3 Å². The van der Waals surface area contributed by atoms with E-state index >= 15 is 0 Å². The van der Waals surface area contributed by atoms with E-state index in [-0.39, 0.29) is 5.41 Å². The number of hydrogen-bond acceptors (Lipinski definition) is 4. The molecular weight excluding hydrogens is 394 g/mol. The van der Waals surface area contributed by atoms with Crippen molar-refractivity contribution < 1.29 is 4.21 Å². The molecule has 3 aromatic heterocycles. The number of pyridine rings is 2. The zero-order valence-corrected chi connectivity index (χ0v) is 17.8. The highest BCUT2D eigenvalue weighted by molar-refractivity contribution is 7.86. The fourth-order valence-corrected chi connectivity index (χ4v) is 3.99. The minimum Gasteiger partial charge on any atom is -0.285 e. The molecule has 0 aliphatic rings. The molecule has 30 heavy (non-hydrogen) atoms. The molecule has 0 saturated heterocycles. The van der Waals surface area contributed by atoms with E-state index in [0.29, 0.717) is 27.5 Å². The van der Waals surface area contributed by atoms with Gasteiger partial charge in [0.25, 0.3) is 0 Å². The average molecular weight is 416 g/mol. The third-order valence-corrected chi connectivity index (χ3v) is 5.94. The van der Waals surface area contributed by atoms with Gasteiger partial charge in [-0.25, -0.2) is 8.72 Å². The van der Waals surface area contributed by atoms with Gasteiger partial charge in [-0.2, -0.15) is 10.4 Å². The van der Waals surface area contributed by atoms with Crippen LogP contribution < -0.4 is 4.72 Å². The zero-order valence-electron chi connectivity index (χ0n) is 17.0. The molecule has 1 N–H and O–H groups in total. The molecular formula is C23H21N5OS. The maximum Gasteiger partial charge on any atom is 0.151 e. The summed E-state index contributed by atoms with van der Waals surface area (Å²) in [5.41, 5.74) is 3.96. The van der Waals surface area contributed by atoms with Gasteiger partial charge in [0.05, 0.1) is 21.7 Å². The Hall–Kier alpha value is -3.50. The first kappa shape index (κ1) is 19.8. The van der Waals surface area contributed by atoms with Gasteiger partial charge in [-0.15, -0.1) is 0 Å². The van der Waals surface area contributed by atoms with Crippen molar-refractivity contribution in [3.8, 4) is 17.3 Å². The predicted octanol–water partition coefficient (Wildman–Crippen LogP) is 4.70. The molecule has 0 aliphatic heterocycles. The maximum atomic E-state index is 12.9. The minimum absolute atomic E-state index is 0.0329. The number of fused-ring (bicyclic) bond motifs is 1. The van der Waals surface area contributed by atoms with Crippen LogP contribution in [0.15, 0.2) is 71.9 Å². The van der Waals surface area contributed by atoms with E-state index in [9.17, 15) is 9.47 Å². The SMILES string of the molecule is CC(C)(C)c1ccc(S(=O)Nc2ccc(C#N)c3cc(-c4ccncc4)nn23)cc1. The minimum atomic E-state index is -1.47. The van der Waals surface area contributed by atoms with Gasteiger partial charge in [0.1, 0.15) is 11.9 Å². The van der Waals surface area contributed by atoms with Crippen molar-refractivity contribution in [1.82, 2.24) is 14.6 Å². The average Bonchev–Trinajstić information content (AvgIpc) is 3.20. The van der Waals surface area contributed by atoms with E-state index in [4.69, 9.17) is 0 Å². The van der Waals surface area contributed by atoms with E-state index in [1.54, 1.807) is 29.0 Å². The van der Waals surface area contributed by atoms with E-state index in [1.165, 1.54) is 5.56 Å². The van der Waals surface area contributed by atoms with Crippen LogP contribution in [0.1, 0.15) is 31.9 Å². The first-order valence-corrected chi connectivity index (χ1v) is 10.6. The number of benzene rings is 1. The Bertz CT molecular complexity index is 1270. The maximum absolute atomic E-state index is 12.9. The number of nitrogens with zero attached hydrogens (tertiary/aromatic N) is 4. The lowest BCUT2D eigenvalue weighted by Crippen LogP contribution is -2.12. The molecule has 0 spiro atoms.